The van der Waals surface area contributed by atoms with Crippen LogP contribution in [-0.2, 0) is 0 Å². The third-order valence-corrected chi connectivity index (χ3v) is 15.0. The summed E-state index contributed by atoms with van der Waals surface area (Å²) in [5.74, 6) is 0. The number of hydrogen-bond acceptors (Lipinski definition) is 6. The number of thiophene rings is 2. The van der Waals surface area contributed by atoms with Crippen LogP contribution in [-0.4, -0.2) is 0 Å². The molecule has 13 rings (SSSR count). The maximum absolute atomic E-state index is 14.6. The van der Waals surface area contributed by atoms with E-state index in [2.05, 4.69) is 204 Å². The van der Waals surface area contributed by atoms with E-state index in [1.54, 1.807) is 0 Å². The topological polar surface area (TPSA) is 36.7 Å². The van der Waals surface area contributed by atoms with Gasteiger partial charge in [-0.3, -0.25) is 4.79 Å². The van der Waals surface area contributed by atoms with Gasteiger partial charge in [0.25, 0.3) is 0 Å². The van der Waals surface area contributed by atoms with Crippen molar-refractivity contribution in [2.45, 2.75) is 0 Å². The predicted molar refractivity (Wildman–Crippen MR) is 286 cm³/mol. The Labute approximate surface area is 394 Å². The molecule has 0 spiro atoms. The van der Waals surface area contributed by atoms with Gasteiger partial charge in [-0.2, -0.15) is 0 Å². The van der Waals surface area contributed by atoms with Gasteiger partial charge in [0.1, 0.15) is 11.2 Å². The zero-order valence-electron chi connectivity index (χ0n) is 36.0. The van der Waals surface area contributed by atoms with Crippen molar-refractivity contribution in [3.05, 3.63) is 241 Å². The average Bonchev–Trinajstić information content (AvgIpc) is 3.96. The number of benzene rings is 10. The zero-order valence-corrected chi connectivity index (χ0v) is 37.6. The molecule has 0 N–H and O–H groups in total. The van der Waals surface area contributed by atoms with Crippen molar-refractivity contribution < 1.29 is 4.42 Å². The molecule has 0 radical (unpaired) electrons. The highest BCUT2D eigenvalue weighted by Gasteiger charge is 2.24. The highest BCUT2D eigenvalue weighted by Crippen LogP contribution is 2.49. The second-order valence-electron chi connectivity index (χ2n) is 16.8. The monoisotopic (exact) mass is 894 g/mol. The van der Waals surface area contributed by atoms with Gasteiger partial charge in [0.2, 0.25) is 5.43 Å². The summed E-state index contributed by atoms with van der Waals surface area (Å²) < 4.78 is 11.8. The Morgan fingerprint density at radius 2 is 0.701 bits per heavy atom. The van der Waals surface area contributed by atoms with E-state index in [4.69, 9.17) is 4.42 Å². The second-order valence-corrected chi connectivity index (χ2v) is 19.0. The van der Waals surface area contributed by atoms with E-state index in [-0.39, 0.29) is 5.43 Å². The molecule has 0 aliphatic carbocycles. The Hall–Kier alpha value is -8.29. The Balaban J connectivity index is 1.03. The molecule has 4 nitrogen and oxygen atoms in total. The van der Waals surface area contributed by atoms with E-state index in [1.165, 1.54) is 40.3 Å². The molecule has 0 unspecified atom stereocenters. The fourth-order valence-corrected chi connectivity index (χ4v) is 12.1. The molecule has 0 saturated carbocycles. The normalized spacial score (nSPS) is 11.6. The number of para-hydroxylation sites is 2. The van der Waals surface area contributed by atoms with Crippen molar-refractivity contribution in [1.29, 1.82) is 0 Å². The first kappa shape index (κ1) is 39.1. The van der Waals surface area contributed by atoms with Gasteiger partial charge >= 0.3 is 0 Å². The number of fused-ring (bicyclic) bond motifs is 8. The molecule has 3 heterocycles. The summed E-state index contributed by atoms with van der Waals surface area (Å²) in [7, 11) is 0. The van der Waals surface area contributed by atoms with Gasteiger partial charge in [0, 0.05) is 75.2 Å². The van der Waals surface area contributed by atoms with Gasteiger partial charge in [-0.05, 0) is 107 Å². The molecule has 6 heteroatoms. The van der Waals surface area contributed by atoms with Crippen molar-refractivity contribution >= 4 is 119 Å². The van der Waals surface area contributed by atoms with Crippen molar-refractivity contribution in [3.63, 3.8) is 0 Å². The number of nitrogens with zero attached hydrogens (tertiary/aromatic N) is 2. The highest BCUT2D eigenvalue weighted by molar-refractivity contribution is 7.26. The van der Waals surface area contributed by atoms with E-state index in [0.29, 0.717) is 21.9 Å². The van der Waals surface area contributed by atoms with Gasteiger partial charge < -0.3 is 14.2 Å². The maximum Gasteiger partial charge on any atom is 0.200 e. The predicted octanol–water partition coefficient (Wildman–Crippen LogP) is 18.0. The minimum atomic E-state index is -0.0681. The Morgan fingerprint density at radius 3 is 1.13 bits per heavy atom. The van der Waals surface area contributed by atoms with Gasteiger partial charge in [-0.25, -0.2) is 0 Å². The Kier molecular flexibility index (Phi) is 9.34. The number of hydrogen-bond donors (Lipinski definition) is 0. The van der Waals surface area contributed by atoms with Crippen LogP contribution in [0.25, 0.3) is 84.5 Å². The molecule has 0 atom stereocenters. The van der Waals surface area contributed by atoms with Gasteiger partial charge in [0.15, 0.2) is 0 Å². The molecule has 0 aliphatic heterocycles. The first-order valence-electron chi connectivity index (χ1n) is 22.4. The SMILES string of the molecule is O=c1c2ccc(N(c3ccccc3)c3cc(-c4ccccc4)cc4sc5ccccc5c34)cc2oc2cc(N(c3ccccc3)c3cc(-c4ccccc4)cc4sc5ccccc5c34)ccc12. The molecule has 13 aromatic rings. The Morgan fingerprint density at radius 1 is 0.313 bits per heavy atom. The van der Waals surface area contributed by atoms with E-state index in [1.807, 2.05) is 59.1 Å². The van der Waals surface area contributed by atoms with Crippen molar-refractivity contribution in [2.24, 2.45) is 0 Å². The van der Waals surface area contributed by atoms with E-state index < -0.39 is 0 Å². The maximum atomic E-state index is 14.6. The molecule has 316 valence electrons. The van der Waals surface area contributed by atoms with E-state index in [9.17, 15) is 4.79 Å². The van der Waals surface area contributed by atoms with Crippen LogP contribution in [0, 0.1) is 0 Å². The molecule has 0 amide bonds. The number of rotatable bonds is 8. The molecule has 10 aromatic carbocycles. The van der Waals surface area contributed by atoms with Crippen LogP contribution in [0.1, 0.15) is 0 Å². The van der Waals surface area contributed by atoms with Crippen LogP contribution in [0.5, 0.6) is 0 Å². The molecule has 3 aromatic heterocycles. The smallest absolute Gasteiger partial charge is 0.200 e. The van der Waals surface area contributed by atoms with Gasteiger partial charge in [-0.1, -0.05) is 133 Å². The van der Waals surface area contributed by atoms with Crippen LogP contribution < -0.4 is 15.2 Å². The lowest BCUT2D eigenvalue weighted by molar-refractivity contribution is 0.660. The molecular formula is C61H38N2O2S2. The first-order valence-corrected chi connectivity index (χ1v) is 24.0. The molecule has 0 bridgehead atoms. The van der Waals surface area contributed by atoms with Crippen LogP contribution in [0.4, 0.5) is 34.1 Å². The lowest BCUT2D eigenvalue weighted by Gasteiger charge is -2.28. The van der Waals surface area contributed by atoms with E-state index in [0.717, 1.165) is 56.4 Å². The van der Waals surface area contributed by atoms with E-state index >= 15 is 0 Å². The summed E-state index contributed by atoms with van der Waals surface area (Å²) in [5.41, 5.74) is 11.4. The second kappa shape index (κ2) is 16.0. The molecule has 0 aliphatic rings. The van der Waals surface area contributed by atoms with Crippen LogP contribution in [0.3, 0.4) is 0 Å². The molecular weight excluding hydrogens is 857 g/mol. The first-order chi connectivity index (χ1) is 33.1. The van der Waals surface area contributed by atoms with Crippen molar-refractivity contribution in [1.82, 2.24) is 0 Å². The standard InChI is InChI=1S/C61H38N2O2S2/c64-61-47-31-29-45(62(43-21-9-3-10-22-43)51-33-41(39-17-5-1-6-18-39)35-57-59(51)49-25-13-15-27-55(49)66-57)37-53(47)65-54-38-46(30-32-48(54)61)63(44-23-11-4-12-24-44)52-34-42(40-19-7-2-8-20-40)36-58-60(52)50-26-14-16-28-56(50)67-58/h1-38H. The third-order valence-electron chi connectivity index (χ3n) is 12.8. The zero-order chi connectivity index (χ0) is 44.4. The Bertz CT molecular complexity index is 3810. The molecule has 67 heavy (non-hydrogen) atoms. The fourth-order valence-electron chi connectivity index (χ4n) is 9.73. The largest absolute Gasteiger partial charge is 0.456 e. The lowest BCUT2D eigenvalue weighted by atomic mass is 10.00. The minimum absolute atomic E-state index is 0.0681. The minimum Gasteiger partial charge on any atom is -0.456 e. The van der Waals surface area contributed by atoms with Gasteiger partial charge in [-0.15, -0.1) is 22.7 Å². The molecule has 0 fully saturated rings. The van der Waals surface area contributed by atoms with Crippen molar-refractivity contribution in [3.8, 4) is 22.3 Å². The van der Waals surface area contributed by atoms with Crippen molar-refractivity contribution in [2.75, 3.05) is 9.80 Å². The quantitative estimate of drug-likeness (QED) is 0.142. The summed E-state index contributed by atoms with van der Waals surface area (Å²) in [6, 6.07) is 80.6. The van der Waals surface area contributed by atoms with Crippen LogP contribution >= 0.6 is 22.7 Å². The molecule has 0 saturated heterocycles. The summed E-state index contributed by atoms with van der Waals surface area (Å²) >= 11 is 3.62. The third kappa shape index (κ3) is 6.68. The number of anilines is 6. The summed E-state index contributed by atoms with van der Waals surface area (Å²) in [6.45, 7) is 0. The highest BCUT2D eigenvalue weighted by atomic mass is 32.1. The van der Waals surface area contributed by atoms with Crippen LogP contribution in [0.2, 0.25) is 0 Å². The fraction of sp³-hybridized carbons (Fsp3) is 0. The van der Waals surface area contributed by atoms with Gasteiger partial charge in [0.05, 0.1) is 22.1 Å². The average molecular weight is 895 g/mol. The summed E-state index contributed by atoms with van der Waals surface area (Å²) in [4.78, 5) is 19.2. The van der Waals surface area contributed by atoms with Crippen LogP contribution in [0.15, 0.2) is 240 Å². The lowest BCUT2D eigenvalue weighted by Crippen LogP contribution is -2.12. The summed E-state index contributed by atoms with van der Waals surface area (Å²) in [5, 5.41) is 5.83. The summed E-state index contributed by atoms with van der Waals surface area (Å²) in [6.07, 6.45) is 0.